The van der Waals surface area contributed by atoms with Crippen LogP contribution in [-0.2, 0) is 10.0 Å². The lowest BCUT2D eigenvalue weighted by Gasteiger charge is -2.13. The zero-order chi connectivity index (χ0) is 23.1. The molecule has 0 radical (unpaired) electrons. The molecule has 7 nitrogen and oxygen atoms in total. The van der Waals surface area contributed by atoms with Gasteiger partial charge < -0.3 is 10.6 Å². The van der Waals surface area contributed by atoms with E-state index in [1.54, 1.807) is 54.6 Å². The van der Waals surface area contributed by atoms with E-state index in [1.807, 2.05) is 6.92 Å². The predicted octanol–water partition coefficient (Wildman–Crippen LogP) is 4.53. The molecule has 0 saturated carbocycles. The highest BCUT2D eigenvalue weighted by atomic mass is 35.5. The molecule has 0 fully saturated rings. The molecule has 9 heteroatoms. The quantitative estimate of drug-likeness (QED) is 0.448. The number of hydrogen-bond donors (Lipinski definition) is 3. The van der Waals surface area contributed by atoms with Gasteiger partial charge in [-0.05, 0) is 48.9 Å². The summed E-state index contributed by atoms with van der Waals surface area (Å²) >= 11 is 6.12. The van der Waals surface area contributed by atoms with E-state index in [2.05, 4.69) is 15.4 Å². The molecular weight excluding hydrogens is 450 g/mol. The fourth-order valence-corrected chi connectivity index (χ4v) is 4.47. The van der Waals surface area contributed by atoms with E-state index in [1.165, 1.54) is 18.2 Å². The topological polar surface area (TPSA) is 104 Å². The molecule has 3 N–H and O–H groups in total. The summed E-state index contributed by atoms with van der Waals surface area (Å²) in [5.41, 5.74) is 1.06. The first-order valence-corrected chi connectivity index (χ1v) is 11.7. The van der Waals surface area contributed by atoms with Crippen molar-refractivity contribution >= 4 is 44.8 Å². The Morgan fingerprint density at radius 3 is 2.31 bits per heavy atom. The third-order valence-corrected chi connectivity index (χ3v) is 6.33. The van der Waals surface area contributed by atoms with Crippen molar-refractivity contribution in [2.45, 2.75) is 18.2 Å². The number of carbonyl (C=O) groups is 2. The molecule has 0 heterocycles. The molecule has 32 heavy (non-hydrogen) atoms. The van der Waals surface area contributed by atoms with Gasteiger partial charge in [-0.1, -0.05) is 48.9 Å². The molecule has 0 aliphatic rings. The van der Waals surface area contributed by atoms with E-state index in [-0.39, 0.29) is 21.4 Å². The first kappa shape index (κ1) is 23.3. The number of anilines is 2. The van der Waals surface area contributed by atoms with Crippen LogP contribution < -0.4 is 15.4 Å². The van der Waals surface area contributed by atoms with Gasteiger partial charge in [0.15, 0.2) is 0 Å². The lowest BCUT2D eigenvalue weighted by molar-refractivity contribution is 0.0954. The number of nitrogens with one attached hydrogen (secondary N) is 3. The number of amides is 2. The van der Waals surface area contributed by atoms with Crippen molar-refractivity contribution in [1.29, 1.82) is 0 Å². The minimum atomic E-state index is -4.03. The summed E-state index contributed by atoms with van der Waals surface area (Å²) in [5.74, 6) is -0.886. The van der Waals surface area contributed by atoms with Crippen molar-refractivity contribution in [2.24, 2.45) is 0 Å². The molecule has 3 aromatic carbocycles. The second-order valence-corrected chi connectivity index (χ2v) is 8.93. The van der Waals surface area contributed by atoms with E-state index >= 15 is 0 Å². The van der Waals surface area contributed by atoms with Crippen LogP contribution in [0.2, 0.25) is 5.02 Å². The van der Waals surface area contributed by atoms with Gasteiger partial charge in [0.2, 0.25) is 0 Å². The van der Waals surface area contributed by atoms with Gasteiger partial charge in [0, 0.05) is 17.8 Å². The standard InChI is InChI=1S/C23H22ClN3O4S/c1-2-14-25-23(29)18-10-6-7-11-20(18)26-22(28)16-12-13-19(24)21(15-16)32(30,31)27-17-8-4-3-5-9-17/h3-13,15,27H,2,14H2,1H3,(H,25,29)(H,26,28). The minimum absolute atomic E-state index is 0.0238. The maximum absolute atomic E-state index is 12.9. The predicted molar refractivity (Wildman–Crippen MR) is 126 cm³/mol. The van der Waals surface area contributed by atoms with Crippen molar-refractivity contribution < 1.29 is 18.0 Å². The smallest absolute Gasteiger partial charge is 0.263 e. The Balaban J connectivity index is 1.86. The number of hydrogen-bond acceptors (Lipinski definition) is 4. The Labute approximate surface area is 191 Å². The zero-order valence-corrected chi connectivity index (χ0v) is 18.8. The second kappa shape index (κ2) is 10.3. The van der Waals surface area contributed by atoms with Crippen LogP contribution in [-0.4, -0.2) is 26.8 Å². The minimum Gasteiger partial charge on any atom is -0.352 e. The van der Waals surface area contributed by atoms with Gasteiger partial charge in [0.1, 0.15) is 4.90 Å². The van der Waals surface area contributed by atoms with Crippen LogP contribution in [0, 0.1) is 0 Å². The molecule has 0 unspecified atom stereocenters. The Bertz CT molecular complexity index is 1230. The average molecular weight is 472 g/mol. The Kier molecular flexibility index (Phi) is 7.50. The van der Waals surface area contributed by atoms with Gasteiger partial charge >= 0.3 is 0 Å². The number of halogens is 1. The molecule has 166 valence electrons. The monoisotopic (exact) mass is 471 g/mol. The summed E-state index contributed by atoms with van der Waals surface area (Å²) in [6.07, 6.45) is 0.777. The normalized spacial score (nSPS) is 10.9. The van der Waals surface area contributed by atoms with Crippen molar-refractivity contribution in [1.82, 2.24) is 5.32 Å². The van der Waals surface area contributed by atoms with Gasteiger partial charge in [-0.25, -0.2) is 8.42 Å². The van der Waals surface area contributed by atoms with Gasteiger partial charge in [0.05, 0.1) is 16.3 Å². The number of sulfonamides is 1. The van der Waals surface area contributed by atoms with Crippen LogP contribution in [0.4, 0.5) is 11.4 Å². The molecular formula is C23H22ClN3O4S. The van der Waals surface area contributed by atoms with Gasteiger partial charge in [-0.3, -0.25) is 14.3 Å². The van der Waals surface area contributed by atoms with Gasteiger partial charge in [-0.15, -0.1) is 0 Å². The summed E-state index contributed by atoms with van der Waals surface area (Å²) < 4.78 is 28.1. The molecule has 0 bridgehead atoms. The maximum Gasteiger partial charge on any atom is 0.263 e. The van der Waals surface area contributed by atoms with Crippen LogP contribution in [0.5, 0.6) is 0 Å². The molecule has 3 aromatic rings. The lowest BCUT2D eigenvalue weighted by atomic mass is 10.1. The fourth-order valence-electron chi connectivity index (χ4n) is 2.89. The Hall–Kier alpha value is -3.36. The van der Waals surface area contributed by atoms with Gasteiger partial charge in [0.25, 0.3) is 21.8 Å². The highest BCUT2D eigenvalue weighted by Crippen LogP contribution is 2.26. The van der Waals surface area contributed by atoms with E-state index in [0.717, 1.165) is 6.42 Å². The zero-order valence-electron chi connectivity index (χ0n) is 17.3. The SMILES string of the molecule is CCCNC(=O)c1ccccc1NC(=O)c1ccc(Cl)c(S(=O)(=O)Nc2ccccc2)c1. The van der Waals surface area contributed by atoms with Crippen LogP contribution in [0.3, 0.4) is 0 Å². The van der Waals surface area contributed by atoms with E-state index in [4.69, 9.17) is 11.6 Å². The van der Waals surface area contributed by atoms with Crippen LogP contribution in [0.25, 0.3) is 0 Å². The third kappa shape index (κ3) is 5.66. The third-order valence-electron chi connectivity index (χ3n) is 4.46. The molecule has 0 aliphatic carbocycles. The highest BCUT2D eigenvalue weighted by Gasteiger charge is 2.21. The first-order chi connectivity index (χ1) is 15.3. The number of para-hydroxylation sites is 2. The van der Waals surface area contributed by atoms with Crippen molar-refractivity contribution in [2.75, 3.05) is 16.6 Å². The Morgan fingerprint density at radius 1 is 0.906 bits per heavy atom. The summed E-state index contributed by atoms with van der Waals surface area (Å²) in [4.78, 5) is 25.0. The number of benzene rings is 3. The molecule has 0 saturated heterocycles. The summed E-state index contributed by atoms with van der Waals surface area (Å²) in [5, 5.41) is 5.42. The summed E-state index contributed by atoms with van der Waals surface area (Å²) in [6, 6.07) is 18.9. The first-order valence-electron chi connectivity index (χ1n) is 9.88. The molecule has 0 aliphatic heterocycles. The van der Waals surface area contributed by atoms with Gasteiger partial charge in [-0.2, -0.15) is 0 Å². The second-order valence-electron chi connectivity index (χ2n) is 6.87. The van der Waals surface area contributed by atoms with Crippen molar-refractivity contribution in [3.05, 3.63) is 88.9 Å². The van der Waals surface area contributed by atoms with E-state index < -0.39 is 15.9 Å². The number of rotatable bonds is 8. The Morgan fingerprint density at radius 2 is 1.59 bits per heavy atom. The summed E-state index contributed by atoms with van der Waals surface area (Å²) in [6.45, 7) is 2.45. The molecule has 0 spiro atoms. The van der Waals surface area contributed by atoms with E-state index in [9.17, 15) is 18.0 Å². The highest BCUT2D eigenvalue weighted by molar-refractivity contribution is 7.92. The molecule has 0 atom stereocenters. The molecule has 2 amide bonds. The molecule has 3 rings (SSSR count). The largest absolute Gasteiger partial charge is 0.352 e. The average Bonchev–Trinajstić information content (AvgIpc) is 2.78. The fraction of sp³-hybridized carbons (Fsp3) is 0.130. The summed E-state index contributed by atoms with van der Waals surface area (Å²) in [7, 11) is -4.03. The molecule has 0 aromatic heterocycles. The van der Waals surface area contributed by atoms with Crippen LogP contribution in [0.15, 0.2) is 77.7 Å². The maximum atomic E-state index is 12.9. The van der Waals surface area contributed by atoms with Crippen molar-refractivity contribution in [3.63, 3.8) is 0 Å². The lowest BCUT2D eigenvalue weighted by Crippen LogP contribution is -2.25. The van der Waals surface area contributed by atoms with Crippen LogP contribution >= 0.6 is 11.6 Å². The van der Waals surface area contributed by atoms with Crippen LogP contribution in [0.1, 0.15) is 34.1 Å². The van der Waals surface area contributed by atoms with E-state index in [0.29, 0.717) is 23.5 Å². The number of carbonyl (C=O) groups excluding carboxylic acids is 2. The van der Waals surface area contributed by atoms with Crippen molar-refractivity contribution in [3.8, 4) is 0 Å².